The van der Waals surface area contributed by atoms with E-state index in [1.54, 1.807) is 0 Å². The summed E-state index contributed by atoms with van der Waals surface area (Å²) >= 11 is 0. The lowest BCUT2D eigenvalue weighted by Gasteiger charge is -2.26. The fourth-order valence-electron chi connectivity index (χ4n) is 2.20. The number of rotatable bonds is 3. The number of amides is 2. The fraction of sp³-hybridized carbons (Fsp3) is 0.273. The van der Waals surface area contributed by atoms with Crippen molar-refractivity contribution in [3.05, 3.63) is 29.8 Å². The van der Waals surface area contributed by atoms with Crippen LogP contribution in [0.1, 0.15) is 11.6 Å². The summed E-state index contributed by atoms with van der Waals surface area (Å²) in [5, 5.41) is 12.9. The molecule has 1 aromatic rings. The van der Waals surface area contributed by atoms with Gasteiger partial charge in [0, 0.05) is 5.56 Å². The molecule has 1 saturated heterocycles. The fourth-order valence-corrected chi connectivity index (χ4v) is 2.20. The van der Waals surface area contributed by atoms with Gasteiger partial charge in [0.05, 0.1) is 18.2 Å². The largest absolute Gasteiger partial charge is 0.548 e. The number of aliphatic carboxylic acids is 1. The number of nitrogens with zero attached hydrogens (tertiary/aromatic N) is 2. The number of urea groups is 1. The Labute approximate surface area is 102 Å². The molecule has 7 heteroatoms. The van der Waals surface area contributed by atoms with Gasteiger partial charge in [-0.25, -0.2) is 9.80 Å². The number of hydroxylamine groups is 2. The highest BCUT2D eigenvalue weighted by Gasteiger charge is 2.44. The average molecular weight is 248 g/mol. The maximum absolute atomic E-state index is 11.9. The Balaban J connectivity index is 1.89. The molecule has 1 atom stereocenters. The van der Waals surface area contributed by atoms with E-state index in [-0.39, 0.29) is 6.04 Å². The Morgan fingerprint density at radius 1 is 1.50 bits per heavy atom. The number of para-hydroxylation sites is 1. The standard InChI is InChI=1S/C11H11N3O4/c15-10(16)6-18-14-9-5-13(11(14)17)12-8-4-2-1-3-7(8)9/h1-4,9,12H,5-6H2,(H,15,16)/p-1. The van der Waals surface area contributed by atoms with E-state index in [2.05, 4.69) is 5.43 Å². The second-order valence-corrected chi connectivity index (χ2v) is 4.08. The van der Waals surface area contributed by atoms with E-state index in [1.807, 2.05) is 24.3 Å². The molecular weight excluding hydrogens is 238 g/mol. The molecule has 2 amide bonds. The van der Waals surface area contributed by atoms with E-state index in [0.29, 0.717) is 6.54 Å². The first-order valence-corrected chi connectivity index (χ1v) is 5.46. The zero-order valence-electron chi connectivity index (χ0n) is 9.33. The summed E-state index contributed by atoms with van der Waals surface area (Å²) in [5.41, 5.74) is 4.68. The van der Waals surface area contributed by atoms with Gasteiger partial charge >= 0.3 is 6.03 Å². The van der Waals surface area contributed by atoms with E-state index >= 15 is 0 Å². The number of hydrogen-bond acceptors (Lipinski definition) is 5. The number of nitrogens with one attached hydrogen (secondary N) is 1. The second-order valence-electron chi connectivity index (χ2n) is 4.08. The number of hydrazine groups is 1. The molecule has 1 fully saturated rings. The molecule has 2 bridgehead atoms. The minimum absolute atomic E-state index is 0.297. The molecule has 0 radical (unpaired) electrons. The van der Waals surface area contributed by atoms with Crippen molar-refractivity contribution in [2.75, 3.05) is 18.6 Å². The lowest BCUT2D eigenvalue weighted by atomic mass is 10.0. The molecule has 7 nitrogen and oxygen atoms in total. The molecule has 0 aliphatic carbocycles. The van der Waals surface area contributed by atoms with E-state index < -0.39 is 18.6 Å². The first kappa shape index (κ1) is 10.8. The third kappa shape index (κ3) is 1.56. The molecule has 1 N–H and O–H groups in total. The maximum Gasteiger partial charge on any atom is 0.363 e. The van der Waals surface area contributed by atoms with Gasteiger partial charge in [-0.05, 0) is 6.07 Å². The highest BCUT2D eigenvalue weighted by Crippen LogP contribution is 2.38. The molecule has 2 aliphatic rings. The van der Waals surface area contributed by atoms with E-state index in [0.717, 1.165) is 16.3 Å². The minimum Gasteiger partial charge on any atom is -0.548 e. The summed E-state index contributed by atoms with van der Waals surface area (Å²) in [6.07, 6.45) is 0. The molecule has 0 aromatic heterocycles. The molecule has 18 heavy (non-hydrogen) atoms. The Kier molecular flexibility index (Phi) is 2.34. The summed E-state index contributed by atoms with van der Waals surface area (Å²) < 4.78 is 0. The van der Waals surface area contributed by atoms with Crippen LogP contribution in [0, 0.1) is 0 Å². The number of carbonyl (C=O) groups is 2. The lowest BCUT2D eigenvalue weighted by Crippen LogP contribution is -2.37. The van der Waals surface area contributed by atoms with E-state index in [9.17, 15) is 14.7 Å². The summed E-state index contributed by atoms with van der Waals surface area (Å²) in [6, 6.07) is 6.74. The smallest absolute Gasteiger partial charge is 0.363 e. The van der Waals surface area contributed by atoms with Crippen LogP contribution in [-0.4, -0.2) is 35.2 Å². The predicted molar refractivity (Wildman–Crippen MR) is 57.7 cm³/mol. The van der Waals surface area contributed by atoms with Crippen LogP contribution >= 0.6 is 0 Å². The Hall–Kier alpha value is -2.28. The van der Waals surface area contributed by atoms with Crippen molar-refractivity contribution < 1.29 is 19.5 Å². The third-order valence-corrected chi connectivity index (χ3v) is 2.95. The van der Waals surface area contributed by atoms with Gasteiger partial charge in [-0.2, -0.15) is 5.06 Å². The van der Waals surface area contributed by atoms with Crippen molar-refractivity contribution in [3.8, 4) is 0 Å². The molecule has 94 valence electrons. The first-order chi connectivity index (χ1) is 8.66. The van der Waals surface area contributed by atoms with Gasteiger partial charge in [0.15, 0.2) is 0 Å². The van der Waals surface area contributed by atoms with Crippen LogP contribution in [-0.2, 0) is 9.63 Å². The van der Waals surface area contributed by atoms with Crippen LogP contribution in [0.5, 0.6) is 0 Å². The first-order valence-electron chi connectivity index (χ1n) is 5.46. The molecular formula is C11H10N3O4-. The third-order valence-electron chi connectivity index (χ3n) is 2.95. The Morgan fingerprint density at radius 3 is 3.06 bits per heavy atom. The number of carboxylic acids is 1. The van der Waals surface area contributed by atoms with Crippen molar-refractivity contribution in [3.63, 3.8) is 0 Å². The molecule has 0 spiro atoms. The highest BCUT2D eigenvalue weighted by atomic mass is 16.7. The zero-order chi connectivity index (χ0) is 12.7. The van der Waals surface area contributed by atoms with E-state index in [1.165, 1.54) is 5.01 Å². The average Bonchev–Trinajstić information content (AvgIpc) is 2.61. The van der Waals surface area contributed by atoms with Crippen LogP contribution in [0.2, 0.25) is 0 Å². The van der Waals surface area contributed by atoms with E-state index in [4.69, 9.17) is 4.84 Å². The van der Waals surface area contributed by atoms with Gasteiger partial charge in [0.2, 0.25) is 0 Å². The Morgan fingerprint density at radius 2 is 2.28 bits per heavy atom. The summed E-state index contributed by atoms with van der Waals surface area (Å²) in [6.45, 7) is -0.221. The number of carboxylic acid groups (broad SMARTS) is 1. The predicted octanol–water partition coefficient (Wildman–Crippen LogP) is -0.513. The summed E-state index contributed by atoms with van der Waals surface area (Å²) in [7, 11) is 0. The molecule has 1 aromatic carbocycles. The molecule has 3 rings (SSSR count). The maximum atomic E-state index is 11.9. The molecule has 2 aliphatic heterocycles. The monoisotopic (exact) mass is 248 g/mol. The van der Waals surface area contributed by atoms with Crippen LogP contribution < -0.4 is 10.5 Å². The normalized spacial score (nSPS) is 20.7. The topological polar surface area (TPSA) is 84.9 Å². The highest BCUT2D eigenvalue weighted by molar-refractivity contribution is 5.81. The van der Waals surface area contributed by atoms with Crippen LogP contribution in [0.15, 0.2) is 24.3 Å². The van der Waals surface area contributed by atoms with Crippen molar-refractivity contribution in [1.29, 1.82) is 0 Å². The number of carbonyl (C=O) groups excluding carboxylic acids is 2. The van der Waals surface area contributed by atoms with Crippen molar-refractivity contribution in [2.24, 2.45) is 0 Å². The van der Waals surface area contributed by atoms with Gasteiger partial charge in [-0.1, -0.05) is 18.2 Å². The summed E-state index contributed by atoms with van der Waals surface area (Å²) in [4.78, 5) is 27.3. The van der Waals surface area contributed by atoms with Gasteiger partial charge in [-0.3, -0.25) is 10.3 Å². The van der Waals surface area contributed by atoms with Crippen LogP contribution in [0.25, 0.3) is 0 Å². The second kappa shape index (κ2) is 3.88. The number of fused-ring (bicyclic) bond motifs is 4. The quantitative estimate of drug-likeness (QED) is 0.778. The Bertz CT molecular complexity index is 519. The van der Waals surface area contributed by atoms with Gasteiger partial charge in [0.1, 0.15) is 12.6 Å². The minimum atomic E-state index is -1.36. The van der Waals surface area contributed by atoms with Crippen molar-refractivity contribution >= 4 is 17.7 Å². The van der Waals surface area contributed by atoms with Gasteiger partial charge in [0.25, 0.3) is 0 Å². The SMILES string of the molecule is O=C([O-])CON1C(=O)N2CC1c1ccccc1N2. The number of hydrogen-bond donors (Lipinski definition) is 1. The zero-order valence-corrected chi connectivity index (χ0v) is 9.33. The molecule has 1 unspecified atom stereocenters. The van der Waals surface area contributed by atoms with Crippen molar-refractivity contribution in [1.82, 2.24) is 10.1 Å². The van der Waals surface area contributed by atoms with Crippen molar-refractivity contribution in [2.45, 2.75) is 6.04 Å². The summed E-state index contributed by atoms with van der Waals surface area (Å²) in [5.74, 6) is -1.36. The molecule has 0 saturated carbocycles. The van der Waals surface area contributed by atoms with Crippen LogP contribution in [0.3, 0.4) is 0 Å². The lowest BCUT2D eigenvalue weighted by molar-refractivity contribution is -0.316. The van der Waals surface area contributed by atoms with Crippen LogP contribution in [0.4, 0.5) is 10.5 Å². The van der Waals surface area contributed by atoms with Gasteiger partial charge in [-0.15, -0.1) is 0 Å². The number of benzene rings is 1. The van der Waals surface area contributed by atoms with Gasteiger partial charge < -0.3 is 9.90 Å². The molecule has 2 heterocycles. The number of anilines is 1.